The summed E-state index contributed by atoms with van der Waals surface area (Å²) in [5.74, 6) is 0.824. The van der Waals surface area contributed by atoms with Crippen molar-refractivity contribution in [2.45, 2.75) is 10.2 Å². The Labute approximate surface area is 134 Å². The summed E-state index contributed by atoms with van der Waals surface area (Å²) in [4.78, 5) is 4.15. The number of nitriles is 1. The summed E-state index contributed by atoms with van der Waals surface area (Å²) in [5.41, 5.74) is 1.10. The van der Waals surface area contributed by atoms with Crippen LogP contribution in [0.1, 0.15) is 5.69 Å². The fraction of sp³-hybridized carbons (Fsp3) is 0. The molecule has 1 aromatic carbocycles. The van der Waals surface area contributed by atoms with Crippen molar-refractivity contribution in [1.29, 1.82) is 5.26 Å². The van der Waals surface area contributed by atoms with Gasteiger partial charge in [-0.1, -0.05) is 24.3 Å². The molecule has 4 rings (SSSR count). The van der Waals surface area contributed by atoms with E-state index in [2.05, 4.69) is 15.2 Å². The monoisotopic (exact) mass is 320 g/mol. The van der Waals surface area contributed by atoms with Gasteiger partial charge in [0.15, 0.2) is 5.76 Å². The number of pyridine rings is 1. The molecule has 0 radical (unpaired) electrons. The molecule has 0 saturated heterocycles. The average molecular weight is 320 g/mol. The topological polar surface area (TPSA) is 88.7 Å². The van der Waals surface area contributed by atoms with E-state index in [1.54, 1.807) is 18.2 Å². The van der Waals surface area contributed by atoms with E-state index < -0.39 is 0 Å². The van der Waals surface area contributed by atoms with Gasteiger partial charge in [-0.05, 0) is 36.0 Å². The van der Waals surface area contributed by atoms with Crippen LogP contribution in [0.3, 0.4) is 0 Å². The average Bonchev–Trinajstić information content (AvgIpc) is 3.21. The number of nitrogens with zero attached hydrogens (tertiary/aromatic N) is 4. The van der Waals surface area contributed by atoms with Crippen LogP contribution < -0.4 is 0 Å². The number of furan rings is 1. The highest BCUT2D eigenvalue weighted by molar-refractivity contribution is 7.99. The van der Waals surface area contributed by atoms with Crippen molar-refractivity contribution in [3.63, 3.8) is 0 Å². The van der Waals surface area contributed by atoms with E-state index in [0.29, 0.717) is 27.6 Å². The quantitative estimate of drug-likeness (QED) is 0.565. The second kappa shape index (κ2) is 5.59. The van der Waals surface area contributed by atoms with E-state index in [1.807, 2.05) is 36.4 Å². The minimum Gasteiger partial charge on any atom is -0.451 e. The fourth-order valence-corrected chi connectivity index (χ4v) is 2.73. The molecule has 0 aliphatic heterocycles. The van der Waals surface area contributed by atoms with Crippen LogP contribution in [-0.4, -0.2) is 15.2 Å². The molecule has 0 fully saturated rings. The zero-order valence-electron chi connectivity index (χ0n) is 11.6. The highest BCUT2D eigenvalue weighted by atomic mass is 32.2. The van der Waals surface area contributed by atoms with Gasteiger partial charge in [-0.2, -0.15) is 5.26 Å². The van der Waals surface area contributed by atoms with Crippen molar-refractivity contribution in [3.8, 4) is 17.7 Å². The summed E-state index contributed by atoms with van der Waals surface area (Å²) in [5, 5.41) is 18.8. The van der Waals surface area contributed by atoms with Crippen LogP contribution in [-0.2, 0) is 0 Å². The lowest BCUT2D eigenvalue weighted by molar-refractivity contribution is 0.451. The van der Waals surface area contributed by atoms with Gasteiger partial charge in [-0.3, -0.25) is 0 Å². The molecule has 0 atom stereocenters. The standard InChI is InChI=1S/C16H8N4O2S/c17-9-11-5-3-7-14(18-11)23-16-20-19-15(22-16)13-8-10-4-1-2-6-12(10)21-13/h1-8H. The Morgan fingerprint density at radius 1 is 1.00 bits per heavy atom. The van der Waals surface area contributed by atoms with Crippen molar-refractivity contribution >= 4 is 22.7 Å². The minimum absolute atomic E-state index is 0.306. The molecule has 3 heterocycles. The van der Waals surface area contributed by atoms with Crippen LogP contribution in [0.5, 0.6) is 0 Å². The van der Waals surface area contributed by atoms with Gasteiger partial charge in [-0.25, -0.2) is 4.98 Å². The summed E-state index contributed by atoms with van der Waals surface area (Å²) in [6.07, 6.45) is 0. The molecule has 6 nitrogen and oxygen atoms in total. The highest BCUT2D eigenvalue weighted by Crippen LogP contribution is 2.30. The third kappa shape index (κ3) is 2.67. The molecular formula is C16H8N4O2S. The lowest BCUT2D eigenvalue weighted by Gasteiger charge is -1.95. The Hall–Kier alpha value is -3.11. The van der Waals surface area contributed by atoms with Crippen LogP contribution >= 0.6 is 11.8 Å². The Morgan fingerprint density at radius 2 is 1.91 bits per heavy atom. The first-order valence-electron chi connectivity index (χ1n) is 6.69. The molecule has 0 spiro atoms. The molecule has 0 N–H and O–H groups in total. The summed E-state index contributed by atoms with van der Waals surface area (Å²) in [6, 6.07) is 16.7. The maximum Gasteiger partial charge on any atom is 0.284 e. The van der Waals surface area contributed by atoms with Crippen molar-refractivity contribution in [3.05, 3.63) is 54.2 Å². The van der Waals surface area contributed by atoms with Crippen LogP contribution in [0.25, 0.3) is 22.6 Å². The van der Waals surface area contributed by atoms with Crippen molar-refractivity contribution in [2.75, 3.05) is 0 Å². The van der Waals surface area contributed by atoms with E-state index in [9.17, 15) is 0 Å². The van der Waals surface area contributed by atoms with E-state index in [4.69, 9.17) is 14.1 Å². The molecule has 110 valence electrons. The van der Waals surface area contributed by atoms with Crippen molar-refractivity contribution < 1.29 is 8.83 Å². The Morgan fingerprint density at radius 3 is 2.78 bits per heavy atom. The number of hydrogen-bond donors (Lipinski definition) is 0. The zero-order valence-corrected chi connectivity index (χ0v) is 12.4. The number of aromatic nitrogens is 3. The third-order valence-corrected chi connectivity index (χ3v) is 3.85. The first-order chi connectivity index (χ1) is 11.3. The Balaban J connectivity index is 1.62. The van der Waals surface area contributed by atoms with Crippen LogP contribution in [0.15, 0.2) is 67.6 Å². The van der Waals surface area contributed by atoms with Gasteiger partial charge < -0.3 is 8.83 Å². The molecule has 23 heavy (non-hydrogen) atoms. The molecule has 4 aromatic rings. The molecular weight excluding hydrogens is 312 g/mol. The van der Waals surface area contributed by atoms with E-state index in [-0.39, 0.29) is 0 Å². The van der Waals surface area contributed by atoms with E-state index >= 15 is 0 Å². The summed E-state index contributed by atoms with van der Waals surface area (Å²) in [6.45, 7) is 0. The molecule has 7 heteroatoms. The lowest BCUT2D eigenvalue weighted by Crippen LogP contribution is -1.84. The zero-order chi connectivity index (χ0) is 15.6. The summed E-state index contributed by atoms with van der Waals surface area (Å²) < 4.78 is 11.3. The molecule has 0 amide bonds. The minimum atomic E-state index is 0.306. The SMILES string of the molecule is N#Cc1cccc(Sc2nnc(-c3cc4ccccc4o3)o2)n1. The van der Waals surface area contributed by atoms with Gasteiger partial charge in [0.2, 0.25) is 0 Å². The fourth-order valence-electron chi connectivity index (χ4n) is 2.06. The Kier molecular flexibility index (Phi) is 3.29. The van der Waals surface area contributed by atoms with Gasteiger partial charge in [0, 0.05) is 5.39 Å². The number of benzene rings is 1. The molecule has 0 aliphatic rings. The molecule has 0 bridgehead atoms. The van der Waals surface area contributed by atoms with Gasteiger partial charge in [0.25, 0.3) is 11.1 Å². The van der Waals surface area contributed by atoms with Gasteiger partial charge in [0.1, 0.15) is 22.4 Å². The van der Waals surface area contributed by atoms with Crippen LogP contribution in [0.2, 0.25) is 0 Å². The normalized spacial score (nSPS) is 10.7. The van der Waals surface area contributed by atoms with Crippen molar-refractivity contribution in [1.82, 2.24) is 15.2 Å². The van der Waals surface area contributed by atoms with Crippen molar-refractivity contribution in [2.24, 2.45) is 0 Å². The second-order valence-corrected chi connectivity index (χ2v) is 5.57. The van der Waals surface area contributed by atoms with Gasteiger partial charge in [0.05, 0.1) is 0 Å². The van der Waals surface area contributed by atoms with Gasteiger partial charge in [-0.15, -0.1) is 10.2 Å². The van der Waals surface area contributed by atoms with E-state index in [0.717, 1.165) is 11.0 Å². The molecule has 0 saturated carbocycles. The predicted molar refractivity (Wildman–Crippen MR) is 82.6 cm³/mol. The highest BCUT2D eigenvalue weighted by Gasteiger charge is 2.14. The number of hydrogen-bond acceptors (Lipinski definition) is 7. The largest absolute Gasteiger partial charge is 0.451 e. The van der Waals surface area contributed by atoms with Gasteiger partial charge >= 0.3 is 0 Å². The van der Waals surface area contributed by atoms with E-state index in [1.165, 1.54) is 11.8 Å². The summed E-state index contributed by atoms with van der Waals surface area (Å²) in [7, 11) is 0. The maximum absolute atomic E-state index is 8.86. The smallest absolute Gasteiger partial charge is 0.284 e. The van der Waals surface area contributed by atoms with Crippen LogP contribution in [0, 0.1) is 11.3 Å². The number of fused-ring (bicyclic) bond motifs is 1. The van der Waals surface area contributed by atoms with Crippen LogP contribution in [0.4, 0.5) is 0 Å². The lowest BCUT2D eigenvalue weighted by atomic mass is 10.2. The second-order valence-electron chi connectivity index (χ2n) is 4.60. The predicted octanol–water partition coefficient (Wildman–Crippen LogP) is 3.90. The molecule has 0 unspecified atom stereocenters. The maximum atomic E-state index is 8.86. The first-order valence-corrected chi connectivity index (χ1v) is 7.51. The first kappa shape index (κ1) is 13.5. The number of rotatable bonds is 3. The molecule has 3 aromatic heterocycles. The number of para-hydroxylation sites is 1. The molecule has 0 aliphatic carbocycles. The Bertz CT molecular complexity index is 999. The summed E-state index contributed by atoms with van der Waals surface area (Å²) >= 11 is 1.20. The third-order valence-electron chi connectivity index (χ3n) is 3.07.